The first-order valence-corrected chi connectivity index (χ1v) is 2.98. The van der Waals surface area contributed by atoms with Crippen molar-refractivity contribution < 1.29 is 18.3 Å². The predicted molar refractivity (Wildman–Crippen MR) is 36.2 cm³/mol. The normalized spacial score (nSPS) is 15.4. The standard InChI is InChI=1S/C7H9F3O/c1-3-6(11)4-5(2)7(8,9)10/h3-4,11H,1-2H3/b5-4+,6-3+. The predicted octanol–water partition coefficient (Wildman–Crippen LogP) is 2.96. The van der Waals surface area contributed by atoms with Gasteiger partial charge < -0.3 is 5.11 Å². The molecule has 0 fully saturated rings. The zero-order chi connectivity index (χ0) is 9.07. The number of hydrogen-bond donors (Lipinski definition) is 1. The molecule has 0 saturated carbocycles. The highest BCUT2D eigenvalue weighted by Gasteiger charge is 2.29. The lowest BCUT2D eigenvalue weighted by molar-refractivity contribution is -0.0915. The van der Waals surface area contributed by atoms with E-state index in [1.54, 1.807) is 0 Å². The molecule has 0 aromatic heterocycles. The Kier molecular flexibility index (Phi) is 3.17. The Morgan fingerprint density at radius 1 is 1.36 bits per heavy atom. The fraction of sp³-hybridized carbons (Fsp3) is 0.429. The van der Waals surface area contributed by atoms with Crippen LogP contribution in [0.2, 0.25) is 0 Å². The van der Waals surface area contributed by atoms with Gasteiger partial charge in [0.25, 0.3) is 0 Å². The zero-order valence-electron chi connectivity index (χ0n) is 6.24. The maximum Gasteiger partial charge on any atom is 0.412 e. The van der Waals surface area contributed by atoms with Crippen LogP contribution in [-0.2, 0) is 0 Å². The summed E-state index contributed by atoms with van der Waals surface area (Å²) in [7, 11) is 0. The number of allylic oxidation sites excluding steroid dienone is 3. The van der Waals surface area contributed by atoms with E-state index in [2.05, 4.69) is 0 Å². The topological polar surface area (TPSA) is 20.2 Å². The van der Waals surface area contributed by atoms with Gasteiger partial charge in [-0.1, -0.05) is 0 Å². The minimum Gasteiger partial charge on any atom is -0.508 e. The van der Waals surface area contributed by atoms with E-state index in [9.17, 15) is 13.2 Å². The molecule has 1 N–H and O–H groups in total. The Morgan fingerprint density at radius 2 is 1.82 bits per heavy atom. The zero-order valence-corrected chi connectivity index (χ0v) is 6.24. The molecule has 0 saturated heterocycles. The molecule has 0 radical (unpaired) electrons. The molecular weight excluding hydrogens is 157 g/mol. The molecule has 0 aliphatic rings. The van der Waals surface area contributed by atoms with Gasteiger partial charge in [-0.15, -0.1) is 0 Å². The van der Waals surface area contributed by atoms with Crippen molar-refractivity contribution in [3.8, 4) is 0 Å². The maximum atomic E-state index is 11.7. The number of aliphatic hydroxyl groups is 1. The first-order valence-electron chi connectivity index (χ1n) is 2.98. The van der Waals surface area contributed by atoms with Crippen LogP contribution in [0.25, 0.3) is 0 Å². The minimum absolute atomic E-state index is 0.375. The molecule has 0 spiro atoms. The first-order chi connectivity index (χ1) is 4.88. The van der Waals surface area contributed by atoms with Gasteiger partial charge in [0.2, 0.25) is 0 Å². The Balaban J connectivity index is 4.48. The molecule has 0 heterocycles. The quantitative estimate of drug-likeness (QED) is 0.469. The molecular formula is C7H9F3O. The molecule has 4 heteroatoms. The van der Waals surface area contributed by atoms with Gasteiger partial charge in [-0.25, -0.2) is 0 Å². The average molecular weight is 166 g/mol. The van der Waals surface area contributed by atoms with E-state index in [-0.39, 0.29) is 5.76 Å². The molecule has 0 rings (SSSR count). The second-order valence-electron chi connectivity index (χ2n) is 2.04. The number of rotatable bonds is 1. The van der Waals surface area contributed by atoms with E-state index in [1.165, 1.54) is 13.0 Å². The lowest BCUT2D eigenvalue weighted by atomic mass is 10.2. The van der Waals surface area contributed by atoms with Crippen LogP contribution in [0.4, 0.5) is 13.2 Å². The minimum atomic E-state index is -4.35. The van der Waals surface area contributed by atoms with Gasteiger partial charge >= 0.3 is 6.18 Å². The molecule has 0 bridgehead atoms. The Hall–Kier alpha value is -0.930. The van der Waals surface area contributed by atoms with Crippen LogP contribution in [0, 0.1) is 0 Å². The summed E-state index contributed by atoms with van der Waals surface area (Å²) < 4.78 is 35.2. The molecule has 0 atom stereocenters. The summed E-state index contributed by atoms with van der Waals surface area (Å²) in [6.07, 6.45) is -2.48. The lowest BCUT2D eigenvalue weighted by Gasteiger charge is -2.04. The van der Waals surface area contributed by atoms with E-state index in [1.807, 2.05) is 0 Å². The van der Waals surface area contributed by atoms with Gasteiger partial charge in [0, 0.05) is 5.57 Å². The molecule has 0 aliphatic carbocycles. The van der Waals surface area contributed by atoms with Crippen molar-refractivity contribution in [1.29, 1.82) is 0 Å². The second-order valence-corrected chi connectivity index (χ2v) is 2.04. The fourth-order valence-electron chi connectivity index (χ4n) is 0.387. The maximum absolute atomic E-state index is 11.7. The van der Waals surface area contributed by atoms with Gasteiger partial charge in [-0.05, 0) is 26.0 Å². The number of aliphatic hydroxyl groups excluding tert-OH is 1. The Bertz CT molecular complexity index is 188. The lowest BCUT2D eigenvalue weighted by Crippen LogP contribution is -2.08. The molecule has 0 aromatic rings. The van der Waals surface area contributed by atoms with Crippen molar-refractivity contribution in [1.82, 2.24) is 0 Å². The number of hydrogen-bond acceptors (Lipinski definition) is 1. The molecule has 11 heavy (non-hydrogen) atoms. The highest BCUT2D eigenvalue weighted by Crippen LogP contribution is 2.25. The van der Waals surface area contributed by atoms with Gasteiger partial charge in [-0.3, -0.25) is 0 Å². The van der Waals surface area contributed by atoms with E-state index >= 15 is 0 Å². The molecule has 0 unspecified atom stereocenters. The number of halogens is 3. The van der Waals surface area contributed by atoms with E-state index in [4.69, 9.17) is 5.11 Å². The van der Waals surface area contributed by atoms with Gasteiger partial charge in [-0.2, -0.15) is 13.2 Å². The SMILES string of the molecule is C/C=C(O)\C=C(/C)C(F)(F)F. The molecule has 0 aromatic carbocycles. The van der Waals surface area contributed by atoms with Crippen molar-refractivity contribution >= 4 is 0 Å². The third kappa shape index (κ3) is 3.70. The second kappa shape index (κ2) is 3.46. The van der Waals surface area contributed by atoms with Crippen LogP contribution in [-0.4, -0.2) is 11.3 Å². The van der Waals surface area contributed by atoms with Crippen LogP contribution in [0.15, 0.2) is 23.5 Å². The van der Waals surface area contributed by atoms with Gasteiger partial charge in [0.15, 0.2) is 0 Å². The summed E-state index contributed by atoms with van der Waals surface area (Å²) in [6.45, 7) is 2.36. The Morgan fingerprint density at radius 3 is 2.09 bits per heavy atom. The summed E-state index contributed by atoms with van der Waals surface area (Å²) >= 11 is 0. The average Bonchev–Trinajstić information content (AvgIpc) is 1.85. The smallest absolute Gasteiger partial charge is 0.412 e. The largest absolute Gasteiger partial charge is 0.508 e. The molecule has 64 valence electrons. The first kappa shape index (κ1) is 10.1. The highest BCUT2D eigenvalue weighted by atomic mass is 19.4. The highest BCUT2D eigenvalue weighted by molar-refractivity contribution is 5.18. The van der Waals surface area contributed by atoms with E-state index < -0.39 is 11.7 Å². The van der Waals surface area contributed by atoms with Gasteiger partial charge in [0.1, 0.15) is 5.76 Å². The van der Waals surface area contributed by atoms with Crippen molar-refractivity contribution in [2.24, 2.45) is 0 Å². The summed E-state index contributed by atoms with van der Waals surface area (Å²) in [5.74, 6) is -0.375. The van der Waals surface area contributed by atoms with Gasteiger partial charge in [0.05, 0.1) is 0 Å². The third-order valence-corrected chi connectivity index (χ3v) is 1.11. The van der Waals surface area contributed by atoms with Crippen molar-refractivity contribution in [2.45, 2.75) is 20.0 Å². The summed E-state index contributed by atoms with van der Waals surface area (Å²) in [5.41, 5.74) is -0.812. The fourth-order valence-corrected chi connectivity index (χ4v) is 0.387. The summed E-state index contributed by atoms with van der Waals surface area (Å²) in [6, 6.07) is 0. The molecule has 0 aliphatic heterocycles. The van der Waals surface area contributed by atoms with Crippen LogP contribution in [0.3, 0.4) is 0 Å². The molecule has 0 amide bonds. The number of alkyl halides is 3. The van der Waals surface area contributed by atoms with E-state index in [0.29, 0.717) is 6.08 Å². The van der Waals surface area contributed by atoms with Crippen LogP contribution < -0.4 is 0 Å². The third-order valence-electron chi connectivity index (χ3n) is 1.11. The van der Waals surface area contributed by atoms with Crippen LogP contribution in [0.5, 0.6) is 0 Å². The monoisotopic (exact) mass is 166 g/mol. The summed E-state index contributed by atoms with van der Waals surface area (Å²) in [5, 5.41) is 8.68. The van der Waals surface area contributed by atoms with E-state index in [0.717, 1.165) is 6.92 Å². The summed E-state index contributed by atoms with van der Waals surface area (Å²) in [4.78, 5) is 0. The van der Waals surface area contributed by atoms with Crippen LogP contribution >= 0.6 is 0 Å². The van der Waals surface area contributed by atoms with Crippen molar-refractivity contribution in [2.75, 3.05) is 0 Å². The van der Waals surface area contributed by atoms with Crippen molar-refractivity contribution in [3.05, 3.63) is 23.5 Å². The Labute approximate surface area is 62.8 Å². The van der Waals surface area contributed by atoms with Crippen LogP contribution in [0.1, 0.15) is 13.8 Å². The molecule has 1 nitrogen and oxygen atoms in total. The van der Waals surface area contributed by atoms with Crippen molar-refractivity contribution in [3.63, 3.8) is 0 Å².